The highest BCUT2D eigenvalue weighted by Crippen LogP contribution is 2.13. The first kappa shape index (κ1) is 10.5. The highest BCUT2D eigenvalue weighted by atomic mass is 14.8. The van der Waals surface area contributed by atoms with Gasteiger partial charge in [0, 0.05) is 12.7 Å². The van der Waals surface area contributed by atoms with Crippen LogP contribution in [0.5, 0.6) is 0 Å². The van der Waals surface area contributed by atoms with E-state index < -0.39 is 0 Å². The second-order valence-corrected chi connectivity index (χ2v) is 3.62. The van der Waals surface area contributed by atoms with Crippen LogP contribution in [0.1, 0.15) is 11.1 Å². The van der Waals surface area contributed by atoms with Crippen LogP contribution in [-0.2, 0) is 0 Å². The quantitative estimate of drug-likeness (QED) is 0.756. The van der Waals surface area contributed by atoms with Crippen molar-refractivity contribution in [2.24, 2.45) is 0 Å². The molecule has 1 heteroatoms. The topological polar surface area (TPSA) is 12.0 Å². The summed E-state index contributed by atoms with van der Waals surface area (Å²) in [5, 5.41) is 3.13. The Hall–Kier alpha value is -2.02. The van der Waals surface area contributed by atoms with Crippen LogP contribution in [-0.4, -0.2) is 7.05 Å². The van der Waals surface area contributed by atoms with Crippen molar-refractivity contribution in [1.29, 1.82) is 0 Å². The Morgan fingerprint density at radius 3 is 2.25 bits per heavy atom. The summed E-state index contributed by atoms with van der Waals surface area (Å²) in [6.07, 6.45) is 4.24. The van der Waals surface area contributed by atoms with Gasteiger partial charge < -0.3 is 5.32 Å². The number of nitrogens with one attached hydrogen (secondary N) is 1. The molecular formula is C15H15N. The van der Waals surface area contributed by atoms with Crippen molar-refractivity contribution in [3.8, 4) is 0 Å². The van der Waals surface area contributed by atoms with Crippen molar-refractivity contribution in [2.45, 2.75) is 0 Å². The van der Waals surface area contributed by atoms with E-state index in [0.29, 0.717) is 0 Å². The fraction of sp³-hybridized carbons (Fsp3) is 0.0667. The molecule has 0 unspecified atom stereocenters. The van der Waals surface area contributed by atoms with Gasteiger partial charge >= 0.3 is 0 Å². The first-order chi connectivity index (χ1) is 7.88. The van der Waals surface area contributed by atoms with E-state index in [1.807, 2.05) is 25.2 Å². The number of anilines is 1. The average molecular weight is 209 g/mol. The number of hydrogen-bond acceptors (Lipinski definition) is 1. The van der Waals surface area contributed by atoms with E-state index in [1.165, 1.54) is 11.1 Å². The smallest absolute Gasteiger partial charge is 0.0343 e. The lowest BCUT2D eigenvalue weighted by atomic mass is 10.1. The minimum Gasteiger partial charge on any atom is -0.388 e. The second kappa shape index (κ2) is 5.17. The van der Waals surface area contributed by atoms with Gasteiger partial charge in [-0.2, -0.15) is 0 Å². The van der Waals surface area contributed by atoms with Crippen LogP contribution >= 0.6 is 0 Å². The molecular weight excluding hydrogens is 194 g/mol. The SMILES string of the molecule is CNc1cccc(C=Cc2ccccc2)c1. The number of benzene rings is 2. The van der Waals surface area contributed by atoms with Crippen LogP contribution in [0.25, 0.3) is 12.2 Å². The fourth-order valence-corrected chi connectivity index (χ4v) is 1.55. The molecule has 0 aromatic heterocycles. The van der Waals surface area contributed by atoms with Gasteiger partial charge in [-0.05, 0) is 23.3 Å². The van der Waals surface area contributed by atoms with Crippen LogP contribution in [0, 0.1) is 0 Å². The second-order valence-electron chi connectivity index (χ2n) is 3.62. The van der Waals surface area contributed by atoms with E-state index in [4.69, 9.17) is 0 Å². The first-order valence-electron chi connectivity index (χ1n) is 5.39. The molecule has 0 aliphatic carbocycles. The lowest BCUT2D eigenvalue weighted by Gasteiger charge is -2.00. The average Bonchev–Trinajstić information content (AvgIpc) is 2.38. The molecule has 2 aromatic carbocycles. The van der Waals surface area contributed by atoms with Crippen LogP contribution in [0.2, 0.25) is 0 Å². The zero-order chi connectivity index (χ0) is 11.2. The Morgan fingerprint density at radius 2 is 1.50 bits per heavy atom. The van der Waals surface area contributed by atoms with E-state index in [2.05, 4.69) is 53.9 Å². The monoisotopic (exact) mass is 209 g/mol. The van der Waals surface area contributed by atoms with Gasteiger partial charge in [-0.15, -0.1) is 0 Å². The molecule has 0 aliphatic heterocycles. The zero-order valence-corrected chi connectivity index (χ0v) is 9.35. The summed E-state index contributed by atoms with van der Waals surface area (Å²) in [6.45, 7) is 0. The molecule has 1 N–H and O–H groups in total. The Morgan fingerprint density at radius 1 is 0.812 bits per heavy atom. The molecule has 0 saturated carbocycles. The summed E-state index contributed by atoms with van der Waals surface area (Å²) in [7, 11) is 1.93. The standard InChI is InChI=1S/C15H15N/c1-16-15-9-5-8-14(12-15)11-10-13-6-3-2-4-7-13/h2-12,16H,1H3. The molecule has 80 valence electrons. The van der Waals surface area contributed by atoms with Crippen molar-refractivity contribution < 1.29 is 0 Å². The maximum atomic E-state index is 3.13. The van der Waals surface area contributed by atoms with Crippen molar-refractivity contribution >= 4 is 17.8 Å². The van der Waals surface area contributed by atoms with E-state index in [-0.39, 0.29) is 0 Å². The highest BCUT2D eigenvalue weighted by Gasteiger charge is 1.90. The van der Waals surface area contributed by atoms with Crippen molar-refractivity contribution in [3.63, 3.8) is 0 Å². The first-order valence-corrected chi connectivity index (χ1v) is 5.39. The molecule has 2 rings (SSSR count). The van der Waals surface area contributed by atoms with E-state index in [9.17, 15) is 0 Å². The third-order valence-electron chi connectivity index (χ3n) is 2.44. The Balaban J connectivity index is 2.17. The van der Waals surface area contributed by atoms with Gasteiger partial charge in [0.2, 0.25) is 0 Å². The predicted molar refractivity (Wildman–Crippen MR) is 71.4 cm³/mol. The molecule has 0 radical (unpaired) electrons. The normalized spacial score (nSPS) is 10.6. The molecule has 0 heterocycles. The van der Waals surface area contributed by atoms with Crippen LogP contribution in [0.15, 0.2) is 54.6 Å². The predicted octanol–water partition coefficient (Wildman–Crippen LogP) is 3.90. The molecule has 16 heavy (non-hydrogen) atoms. The number of rotatable bonds is 3. The summed E-state index contributed by atoms with van der Waals surface area (Å²) < 4.78 is 0. The zero-order valence-electron chi connectivity index (χ0n) is 9.35. The van der Waals surface area contributed by atoms with Gasteiger partial charge in [-0.1, -0.05) is 54.6 Å². The summed E-state index contributed by atoms with van der Waals surface area (Å²) >= 11 is 0. The molecule has 0 atom stereocenters. The molecule has 0 aliphatic rings. The Kier molecular flexibility index (Phi) is 3.39. The van der Waals surface area contributed by atoms with Crippen molar-refractivity contribution in [1.82, 2.24) is 0 Å². The fourth-order valence-electron chi connectivity index (χ4n) is 1.55. The summed E-state index contributed by atoms with van der Waals surface area (Å²) in [5.41, 5.74) is 3.56. The Labute approximate surface area is 96.4 Å². The maximum Gasteiger partial charge on any atom is 0.0343 e. The summed E-state index contributed by atoms with van der Waals surface area (Å²) in [6, 6.07) is 18.6. The van der Waals surface area contributed by atoms with Crippen LogP contribution < -0.4 is 5.32 Å². The van der Waals surface area contributed by atoms with Crippen molar-refractivity contribution in [2.75, 3.05) is 12.4 Å². The molecule has 0 saturated heterocycles. The minimum absolute atomic E-state index is 1.13. The van der Waals surface area contributed by atoms with Crippen LogP contribution in [0.4, 0.5) is 5.69 Å². The van der Waals surface area contributed by atoms with E-state index >= 15 is 0 Å². The summed E-state index contributed by atoms with van der Waals surface area (Å²) in [5.74, 6) is 0. The van der Waals surface area contributed by atoms with E-state index in [0.717, 1.165) is 5.69 Å². The lowest BCUT2D eigenvalue weighted by molar-refractivity contribution is 1.50. The molecule has 1 nitrogen and oxygen atoms in total. The van der Waals surface area contributed by atoms with E-state index in [1.54, 1.807) is 0 Å². The van der Waals surface area contributed by atoms with Gasteiger partial charge in [0.05, 0.1) is 0 Å². The van der Waals surface area contributed by atoms with Gasteiger partial charge in [0.1, 0.15) is 0 Å². The minimum atomic E-state index is 1.13. The maximum absolute atomic E-state index is 3.13. The molecule has 0 amide bonds. The third kappa shape index (κ3) is 2.74. The van der Waals surface area contributed by atoms with Crippen LogP contribution in [0.3, 0.4) is 0 Å². The molecule has 0 bridgehead atoms. The number of hydrogen-bond donors (Lipinski definition) is 1. The van der Waals surface area contributed by atoms with Gasteiger partial charge in [-0.3, -0.25) is 0 Å². The van der Waals surface area contributed by atoms with Gasteiger partial charge in [-0.25, -0.2) is 0 Å². The highest BCUT2D eigenvalue weighted by molar-refractivity contribution is 5.71. The lowest BCUT2D eigenvalue weighted by Crippen LogP contribution is -1.86. The van der Waals surface area contributed by atoms with Crippen molar-refractivity contribution in [3.05, 3.63) is 65.7 Å². The largest absolute Gasteiger partial charge is 0.388 e. The van der Waals surface area contributed by atoms with Gasteiger partial charge in [0.25, 0.3) is 0 Å². The Bertz CT molecular complexity index is 472. The molecule has 0 spiro atoms. The third-order valence-corrected chi connectivity index (χ3v) is 2.44. The molecule has 2 aromatic rings. The summed E-state index contributed by atoms with van der Waals surface area (Å²) in [4.78, 5) is 0. The molecule has 0 fully saturated rings. The van der Waals surface area contributed by atoms with Gasteiger partial charge in [0.15, 0.2) is 0 Å².